The number of carbonyl (C=O) groups is 1. The zero-order chi connectivity index (χ0) is 20.5. The number of hydrogen-bond acceptors (Lipinski definition) is 10. The minimum Gasteiger partial charge on any atom is -0.476 e. The normalized spacial score (nSPS) is 24.2. The number of rotatable bonds is 7. The van der Waals surface area contributed by atoms with E-state index in [0.717, 1.165) is 0 Å². The molecule has 13 nitrogen and oxygen atoms in total. The Hall–Kier alpha value is -3.13. The quantitative estimate of drug-likeness (QED) is 0.268. The van der Waals surface area contributed by atoms with E-state index in [1.54, 1.807) is 0 Å². The second-order valence-electron chi connectivity index (χ2n) is 6.49. The van der Waals surface area contributed by atoms with E-state index in [-0.39, 0.29) is 5.69 Å². The third-order valence-corrected chi connectivity index (χ3v) is 4.74. The first-order valence-electron chi connectivity index (χ1n) is 8.80. The second kappa shape index (κ2) is 7.71. The van der Waals surface area contributed by atoms with E-state index in [4.69, 9.17) is 9.84 Å². The summed E-state index contributed by atoms with van der Waals surface area (Å²) >= 11 is 0. The topological polar surface area (TPSA) is 192 Å². The number of anilines is 1. The van der Waals surface area contributed by atoms with Gasteiger partial charge in [-0.05, 0) is 0 Å². The molecular formula is C16H19N7O6. The minimum atomic E-state index is -1.26. The Kier molecular flexibility index (Phi) is 5.10. The fourth-order valence-electron chi connectivity index (χ4n) is 3.28. The third kappa shape index (κ3) is 3.40. The van der Waals surface area contributed by atoms with E-state index in [1.807, 2.05) is 0 Å². The molecule has 1 aliphatic rings. The molecule has 6 N–H and O–H groups in total. The molecule has 4 heterocycles. The third-order valence-electron chi connectivity index (χ3n) is 4.74. The van der Waals surface area contributed by atoms with E-state index < -0.39 is 37.1 Å². The summed E-state index contributed by atoms with van der Waals surface area (Å²) in [4.78, 5) is 30.3. The van der Waals surface area contributed by atoms with Gasteiger partial charge in [-0.25, -0.2) is 24.7 Å². The number of fused-ring (bicyclic) bond motifs is 1. The van der Waals surface area contributed by atoms with E-state index in [1.165, 1.54) is 23.5 Å². The van der Waals surface area contributed by atoms with Crippen LogP contribution in [0.15, 0.2) is 19.0 Å². The molecule has 0 aromatic carbocycles. The van der Waals surface area contributed by atoms with Crippen molar-refractivity contribution in [3.8, 4) is 0 Å². The van der Waals surface area contributed by atoms with Gasteiger partial charge in [0.25, 0.3) is 0 Å². The fourth-order valence-corrected chi connectivity index (χ4v) is 3.28. The maximum Gasteiger partial charge on any atom is 0.356 e. The first-order chi connectivity index (χ1) is 14.0. The van der Waals surface area contributed by atoms with Crippen LogP contribution in [0.3, 0.4) is 0 Å². The lowest BCUT2D eigenvalue weighted by molar-refractivity contribution is -0.0511. The average molecular weight is 405 g/mol. The number of aromatic nitrogens is 6. The van der Waals surface area contributed by atoms with Crippen LogP contribution >= 0.6 is 0 Å². The summed E-state index contributed by atoms with van der Waals surface area (Å²) in [5, 5.41) is 41.6. The highest BCUT2D eigenvalue weighted by atomic mass is 16.6. The second-order valence-corrected chi connectivity index (χ2v) is 6.49. The van der Waals surface area contributed by atoms with Crippen LogP contribution in [0.1, 0.15) is 22.4 Å². The summed E-state index contributed by atoms with van der Waals surface area (Å²) < 4.78 is 6.98. The molecule has 154 valence electrons. The lowest BCUT2D eigenvalue weighted by Crippen LogP contribution is -2.33. The van der Waals surface area contributed by atoms with Crippen molar-refractivity contribution in [2.75, 3.05) is 18.5 Å². The molecule has 0 bridgehead atoms. The van der Waals surface area contributed by atoms with Gasteiger partial charge in [0.2, 0.25) is 0 Å². The highest BCUT2D eigenvalue weighted by Crippen LogP contribution is 2.32. The van der Waals surface area contributed by atoms with Gasteiger partial charge in [0, 0.05) is 13.0 Å². The minimum absolute atomic E-state index is 0.0340. The maximum absolute atomic E-state index is 11.1. The van der Waals surface area contributed by atoms with E-state index in [9.17, 15) is 20.1 Å². The summed E-state index contributed by atoms with van der Waals surface area (Å²) in [6, 6.07) is 0. The van der Waals surface area contributed by atoms with Crippen LogP contribution in [0.2, 0.25) is 0 Å². The predicted octanol–water partition coefficient (Wildman–Crippen LogP) is -1.49. The molecule has 0 radical (unpaired) electrons. The molecule has 4 atom stereocenters. The number of carboxylic acids is 1. The number of carboxylic acid groups (broad SMARTS) is 1. The Bertz CT molecular complexity index is 1020. The number of aliphatic hydroxyl groups is 3. The van der Waals surface area contributed by atoms with Gasteiger partial charge in [-0.1, -0.05) is 0 Å². The number of ether oxygens (including phenoxy) is 1. The Morgan fingerprint density at radius 3 is 2.79 bits per heavy atom. The average Bonchev–Trinajstić information content (AvgIpc) is 3.41. The highest BCUT2D eigenvalue weighted by Gasteiger charge is 2.44. The SMILES string of the molecule is O=C(O)c1nc[nH]c1CCNc1ncnc2c1ncn2[C@@H]1O[C@H](CO)[C@@H](O)[C@H]1O. The van der Waals surface area contributed by atoms with Crippen molar-refractivity contribution in [3.05, 3.63) is 30.4 Å². The first kappa shape index (κ1) is 19.2. The lowest BCUT2D eigenvalue weighted by atomic mass is 10.1. The molecular weight excluding hydrogens is 386 g/mol. The number of hydrogen-bond donors (Lipinski definition) is 6. The molecule has 0 amide bonds. The number of imidazole rings is 2. The number of aliphatic hydroxyl groups excluding tert-OH is 3. The van der Waals surface area contributed by atoms with Gasteiger partial charge < -0.3 is 35.5 Å². The Labute approximate surface area is 163 Å². The Balaban J connectivity index is 1.52. The monoisotopic (exact) mass is 405 g/mol. The van der Waals surface area contributed by atoms with Gasteiger partial charge in [0.15, 0.2) is 28.9 Å². The Morgan fingerprint density at radius 1 is 1.24 bits per heavy atom. The number of aromatic amines is 1. The summed E-state index contributed by atoms with van der Waals surface area (Å²) in [5.41, 5.74) is 1.22. The van der Waals surface area contributed by atoms with Crippen molar-refractivity contribution in [3.63, 3.8) is 0 Å². The molecule has 0 spiro atoms. The lowest BCUT2D eigenvalue weighted by Gasteiger charge is -2.16. The van der Waals surface area contributed by atoms with Crippen LogP contribution in [0.25, 0.3) is 11.2 Å². The van der Waals surface area contributed by atoms with Gasteiger partial charge in [-0.2, -0.15) is 0 Å². The summed E-state index contributed by atoms with van der Waals surface area (Å²) in [7, 11) is 0. The summed E-state index contributed by atoms with van der Waals surface area (Å²) in [6.45, 7) is -0.0790. The van der Waals surface area contributed by atoms with Crippen molar-refractivity contribution >= 4 is 23.0 Å². The molecule has 1 aliphatic heterocycles. The fraction of sp³-hybridized carbons (Fsp3) is 0.438. The van der Waals surface area contributed by atoms with Crippen molar-refractivity contribution in [2.24, 2.45) is 0 Å². The number of H-pyrrole nitrogens is 1. The standard InChI is InChI=1S/C16H19N7O6/c24-3-8-11(25)12(26)15(29-8)23-6-22-10-13(20-5-21-14(10)23)17-2-1-7-9(16(27)28)19-4-18-7/h4-6,8,11-12,15,24-26H,1-3H2,(H,18,19)(H,27,28)(H,17,20,21)/t8-,11-,12-,15-/m1/s1. The van der Waals surface area contributed by atoms with Gasteiger partial charge in [-0.15, -0.1) is 0 Å². The smallest absolute Gasteiger partial charge is 0.356 e. The maximum atomic E-state index is 11.1. The molecule has 1 saturated heterocycles. The largest absolute Gasteiger partial charge is 0.476 e. The zero-order valence-electron chi connectivity index (χ0n) is 15.0. The van der Waals surface area contributed by atoms with Crippen LogP contribution in [0.4, 0.5) is 5.82 Å². The van der Waals surface area contributed by atoms with Gasteiger partial charge in [-0.3, -0.25) is 4.57 Å². The first-order valence-corrected chi connectivity index (χ1v) is 8.80. The van der Waals surface area contributed by atoms with Crippen LogP contribution in [0.5, 0.6) is 0 Å². The molecule has 0 aliphatic carbocycles. The number of aromatic carboxylic acids is 1. The zero-order valence-corrected chi connectivity index (χ0v) is 15.0. The van der Waals surface area contributed by atoms with Crippen LogP contribution in [0, 0.1) is 0 Å². The number of nitrogens with one attached hydrogen (secondary N) is 2. The van der Waals surface area contributed by atoms with E-state index in [2.05, 4.69) is 30.2 Å². The molecule has 4 rings (SSSR count). The van der Waals surface area contributed by atoms with Crippen molar-refractivity contribution in [1.29, 1.82) is 0 Å². The highest BCUT2D eigenvalue weighted by molar-refractivity contribution is 5.86. The van der Waals surface area contributed by atoms with Gasteiger partial charge in [0.05, 0.1) is 25.0 Å². The van der Waals surface area contributed by atoms with Crippen LogP contribution in [-0.2, 0) is 11.2 Å². The molecule has 1 fully saturated rings. The number of nitrogens with zero attached hydrogens (tertiary/aromatic N) is 5. The van der Waals surface area contributed by atoms with Crippen LogP contribution in [-0.4, -0.2) is 87.3 Å². The molecule has 0 unspecified atom stereocenters. The summed E-state index contributed by atoms with van der Waals surface area (Å²) in [6.07, 6.45) is 0.0337. The van der Waals surface area contributed by atoms with Crippen molar-refractivity contribution < 1.29 is 30.0 Å². The van der Waals surface area contributed by atoms with Gasteiger partial charge in [0.1, 0.15) is 24.6 Å². The molecule has 13 heteroatoms. The molecule has 3 aromatic rings. The van der Waals surface area contributed by atoms with Crippen molar-refractivity contribution in [2.45, 2.75) is 31.0 Å². The Morgan fingerprint density at radius 2 is 2.07 bits per heavy atom. The van der Waals surface area contributed by atoms with Gasteiger partial charge >= 0.3 is 5.97 Å². The summed E-state index contributed by atoms with van der Waals surface area (Å²) in [5.74, 6) is -0.695. The van der Waals surface area contributed by atoms with Crippen molar-refractivity contribution in [1.82, 2.24) is 29.5 Å². The molecule has 3 aromatic heterocycles. The molecule has 0 saturated carbocycles. The van der Waals surface area contributed by atoms with E-state index in [0.29, 0.717) is 35.6 Å². The molecule has 29 heavy (non-hydrogen) atoms. The van der Waals surface area contributed by atoms with E-state index >= 15 is 0 Å². The predicted molar refractivity (Wildman–Crippen MR) is 96.1 cm³/mol. The van der Waals surface area contributed by atoms with Crippen LogP contribution < -0.4 is 5.32 Å².